The molecule has 13 heteroatoms. The van der Waals surface area contributed by atoms with E-state index in [1.807, 2.05) is 0 Å². The molecular formula is C23H24BrN3O7S2. The maximum atomic E-state index is 12.7. The maximum absolute atomic E-state index is 12.7. The first-order chi connectivity index (χ1) is 16.9. The second-order valence-corrected chi connectivity index (χ2v) is 12.0. The van der Waals surface area contributed by atoms with Gasteiger partial charge in [-0.15, -0.1) is 0 Å². The Hall–Kier alpha value is -3.29. The molecule has 0 aliphatic carbocycles. The number of rotatable bonds is 10. The molecule has 0 spiro atoms. The molecule has 10 nitrogen and oxygen atoms in total. The van der Waals surface area contributed by atoms with Crippen molar-refractivity contribution in [2.75, 3.05) is 41.4 Å². The molecule has 0 radical (unpaired) electrons. The van der Waals surface area contributed by atoms with Crippen LogP contribution < -0.4 is 23.8 Å². The number of anilines is 3. The van der Waals surface area contributed by atoms with Crippen LogP contribution in [-0.4, -0.2) is 49.8 Å². The number of carbonyl (C=O) groups is 1. The fourth-order valence-electron chi connectivity index (χ4n) is 3.16. The summed E-state index contributed by atoms with van der Waals surface area (Å²) < 4.78 is 64.6. The third kappa shape index (κ3) is 6.89. The largest absolute Gasteiger partial charge is 0.493 e. The molecule has 0 saturated carbocycles. The summed E-state index contributed by atoms with van der Waals surface area (Å²) in [4.78, 5) is 12.7. The van der Waals surface area contributed by atoms with E-state index in [0.717, 1.165) is 15.0 Å². The van der Waals surface area contributed by atoms with Gasteiger partial charge in [-0.25, -0.2) is 16.8 Å². The molecule has 3 rings (SSSR count). The Balaban J connectivity index is 1.73. The summed E-state index contributed by atoms with van der Waals surface area (Å²) >= 11 is 3.29. The van der Waals surface area contributed by atoms with Gasteiger partial charge >= 0.3 is 0 Å². The normalized spacial score (nSPS) is 11.4. The highest BCUT2D eigenvalue weighted by Gasteiger charge is 2.23. The highest BCUT2D eigenvalue weighted by Crippen LogP contribution is 2.32. The van der Waals surface area contributed by atoms with E-state index in [9.17, 15) is 21.6 Å². The van der Waals surface area contributed by atoms with Crippen molar-refractivity contribution in [3.8, 4) is 11.5 Å². The number of hydrogen-bond acceptors (Lipinski definition) is 7. The zero-order valence-corrected chi connectivity index (χ0v) is 22.8. The van der Waals surface area contributed by atoms with Crippen molar-refractivity contribution in [2.45, 2.75) is 4.90 Å². The third-order valence-corrected chi connectivity index (χ3v) is 7.95. The molecule has 0 atom stereocenters. The molecule has 192 valence electrons. The lowest BCUT2D eigenvalue weighted by atomic mass is 10.2. The summed E-state index contributed by atoms with van der Waals surface area (Å²) in [6.45, 7) is -0.514. The van der Waals surface area contributed by atoms with Gasteiger partial charge in [-0.05, 0) is 60.7 Å². The minimum absolute atomic E-state index is 0.00786. The Labute approximate surface area is 218 Å². The van der Waals surface area contributed by atoms with E-state index in [1.54, 1.807) is 24.3 Å². The number of hydrogen-bond donors (Lipinski definition) is 2. The number of benzene rings is 3. The summed E-state index contributed by atoms with van der Waals surface area (Å²) in [7, 11) is -4.80. The number of carbonyl (C=O) groups excluding carboxylic acids is 1. The minimum Gasteiger partial charge on any atom is -0.493 e. The quantitative estimate of drug-likeness (QED) is 0.364. The Bertz CT molecular complexity index is 1440. The van der Waals surface area contributed by atoms with Gasteiger partial charge in [-0.3, -0.25) is 13.8 Å². The van der Waals surface area contributed by atoms with Gasteiger partial charge in [0.2, 0.25) is 15.9 Å². The van der Waals surface area contributed by atoms with Crippen LogP contribution in [0.3, 0.4) is 0 Å². The van der Waals surface area contributed by atoms with Crippen molar-refractivity contribution < 1.29 is 31.1 Å². The zero-order valence-electron chi connectivity index (χ0n) is 19.6. The van der Waals surface area contributed by atoms with Crippen molar-refractivity contribution in [3.63, 3.8) is 0 Å². The number of halogens is 1. The third-order valence-electron chi connectivity index (χ3n) is 4.89. The molecule has 3 aromatic rings. The number of nitrogens with zero attached hydrogens (tertiary/aromatic N) is 1. The fourth-order valence-corrected chi connectivity index (χ4v) is 5.33. The van der Waals surface area contributed by atoms with E-state index < -0.39 is 32.5 Å². The Morgan fingerprint density at radius 3 is 2.00 bits per heavy atom. The number of nitrogens with one attached hydrogen (secondary N) is 2. The molecule has 0 aromatic heterocycles. The van der Waals surface area contributed by atoms with Crippen molar-refractivity contribution in [3.05, 3.63) is 71.2 Å². The van der Waals surface area contributed by atoms with Gasteiger partial charge in [-0.2, -0.15) is 0 Å². The Morgan fingerprint density at radius 2 is 1.44 bits per heavy atom. The first kappa shape index (κ1) is 27.3. The molecule has 36 heavy (non-hydrogen) atoms. The molecule has 0 saturated heterocycles. The second kappa shape index (κ2) is 11.2. The number of methoxy groups -OCH3 is 2. The second-order valence-electron chi connectivity index (χ2n) is 7.49. The summed E-state index contributed by atoms with van der Waals surface area (Å²) in [5, 5.41) is 2.58. The lowest BCUT2D eigenvalue weighted by Gasteiger charge is -2.23. The monoisotopic (exact) mass is 597 g/mol. The van der Waals surface area contributed by atoms with Crippen LogP contribution in [0, 0.1) is 0 Å². The van der Waals surface area contributed by atoms with E-state index in [-0.39, 0.29) is 10.6 Å². The van der Waals surface area contributed by atoms with E-state index >= 15 is 0 Å². The van der Waals surface area contributed by atoms with E-state index in [1.165, 1.54) is 56.7 Å². The average molecular weight is 598 g/mol. The van der Waals surface area contributed by atoms with E-state index in [2.05, 4.69) is 26.0 Å². The van der Waals surface area contributed by atoms with Crippen molar-refractivity contribution in [1.82, 2.24) is 0 Å². The summed E-state index contributed by atoms with van der Waals surface area (Å²) in [5.41, 5.74) is 0.903. The van der Waals surface area contributed by atoms with Gasteiger partial charge in [0.15, 0.2) is 11.5 Å². The predicted octanol–water partition coefficient (Wildman–Crippen LogP) is 3.67. The topological polar surface area (TPSA) is 131 Å². The first-order valence-corrected chi connectivity index (χ1v) is 14.4. The molecule has 0 aliphatic heterocycles. The molecular weight excluding hydrogens is 574 g/mol. The lowest BCUT2D eigenvalue weighted by Crippen LogP contribution is -2.37. The molecule has 0 fully saturated rings. The smallest absolute Gasteiger partial charge is 0.261 e. The van der Waals surface area contributed by atoms with Crippen LogP contribution in [0.2, 0.25) is 0 Å². The number of amides is 1. The number of sulfonamides is 2. The van der Waals surface area contributed by atoms with Crippen molar-refractivity contribution >= 4 is 58.9 Å². The summed E-state index contributed by atoms with van der Waals surface area (Å²) in [5.74, 6) is 0.0835. The molecule has 1 amide bonds. The van der Waals surface area contributed by atoms with Gasteiger partial charge in [-0.1, -0.05) is 15.9 Å². The molecule has 0 heterocycles. The minimum atomic E-state index is -3.85. The standard InChI is InChI=1S/C23H24BrN3O7S2/c1-33-21-13-10-19(14-22(21)34-2)27(35(3,29)30)15-23(28)25-17-8-11-20(12-9-17)36(31,32)26-18-6-4-16(24)5-7-18/h4-14,26H,15H2,1-3H3,(H,25,28). The molecule has 3 aromatic carbocycles. The van der Waals surface area contributed by atoms with Crippen LogP contribution in [0.15, 0.2) is 76.1 Å². The predicted molar refractivity (Wildman–Crippen MR) is 142 cm³/mol. The van der Waals surface area contributed by atoms with Gasteiger partial charge in [0.05, 0.1) is 31.1 Å². The fraction of sp³-hybridized carbons (Fsp3) is 0.174. The highest BCUT2D eigenvalue weighted by molar-refractivity contribution is 9.10. The van der Waals surface area contributed by atoms with Gasteiger partial charge in [0.25, 0.3) is 10.0 Å². The van der Waals surface area contributed by atoms with Crippen LogP contribution >= 0.6 is 15.9 Å². The number of ether oxygens (including phenoxy) is 2. The molecule has 0 aliphatic rings. The summed E-state index contributed by atoms with van der Waals surface area (Å²) in [6, 6.07) is 16.6. The van der Waals surface area contributed by atoms with Gasteiger partial charge in [0.1, 0.15) is 6.54 Å². The SMILES string of the molecule is COc1ccc(N(CC(=O)Nc2ccc(S(=O)(=O)Nc3ccc(Br)cc3)cc2)S(C)(=O)=O)cc1OC. The van der Waals surface area contributed by atoms with Crippen LogP contribution in [0.25, 0.3) is 0 Å². The zero-order chi connectivity index (χ0) is 26.5. The molecule has 2 N–H and O–H groups in total. The van der Waals surface area contributed by atoms with Gasteiger partial charge in [0, 0.05) is 21.9 Å². The van der Waals surface area contributed by atoms with Crippen LogP contribution in [0.5, 0.6) is 11.5 Å². The highest BCUT2D eigenvalue weighted by atomic mass is 79.9. The first-order valence-electron chi connectivity index (χ1n) is 10.3. The molecule has 0 bridgehead atoms. The van der Waals surface area contributed by atoms with Crippen LogP contribution in [0.4, 0.5) is 17.1 Å². The average Bonchev–Trinajstić information content (AvgIpc) is 2.83. The Morgan fingerprint density at radius 1 is 0.861 bits per heavy atom. The Kier molecular flexibility index (Phi) is 8.48. The molecule has 0 unspecified atom stereocenters. The van der Waals surface area contributed by atoms with Gasteiger partial charge < -0.3 is 14.8 Å². The van der Waals surface area contributed by atoms with Crippen LogP contribution in [-0.2, 0) is 24.8 Å². The van der Waals surface area contributed by atoms with E-state index in [0.29, 0.717) is 22.9 Å². The van der Waals surface area contributed by atoms with Crippen molar-refractivity contribution in [1.29, 1.82) is 0 Å². The summed E-state index contributed by atoms with van der Waals surface area (Å²) in [6.07, 6.45) is 0.981. The van der Waals surface area contributed by atoms with Crippen molar-refractivity contribution in [2.24, 2.45) is 0 Å². The van der Waals surface area contributed by atoms with E-state index in [4.69, 9.17) is 9.47 Å². The maximum Gasteiger partial charge on any atom is 0.261 e. The van der Waals surface area contributed by atoms with Crippen LogP contribution in [0.1, 0.15) is 0 Å². The lowest BCUT2D eigenvalue weighted by molar-refractivity contribution is -0.114.